The Morgan fingerprint density at radius 3 is 2.39 bits per heavy atom. The van der Waals surface area contributed by atoms with Crippen LogP contribution in [0.4, 0.5) is 0 Å². The Hall–Kier alpha value is -2.96. The van der Waals surface area contributed by atoms with E-state index in [4.69, 9.17) is 0 Å². The molecular weight excluding hydrogens is 392 g/mol. The summed E-state index contributed by atoms with van der Waals surface area (Å²) in [4.78, 5) is 42.8. The summed E-state index contributed by atoms with van der Waals surface area (Å²) in [5.74, 6) is -0.907. The maximum absolute atomic E-state index is 13.1. The van der Waals surface area contributed by atoms with Gasteiger partial charge in [-0.1, -0.05) is 25.3 Å². The third-order valence-corrected chi connectivity index (χ3v) is 5.44. The van der Waals surface area contributed by atoms with Crippen LogP contribution in [-0.4, -0.2) is 33.4 Å². The molecule has 0 atom stereocenters. The van der Waals surface area contributed by atoms with Crippen LogP contribution in [-0.2, 0) is 6.42 Å². The van der Waals surface area contributed by atoms with Gasteiger partial charge in [0, 0.05) is 42.9 Å². The Morgan fingerprint density at radius 2 is 1.77 bits per heavy atom. The quantitative estimate of drug-likeness (QED) is 0.744. The first kappa shape index (κ1) is 22.7. The monoisotopic (exact) mass is 424 g/mol. The second-order valence-corrected chi connectivity index (χ2v) is 9.23. The van der Waals surface area contributed by atoms with E-state index in [1.54, 1.807) is 24.8 Å². The standard InChI is InChI=1S/C24H32N4O3/c1-24(2,3)27-23(31)20-16-28(18-9-5-4-6-10-18)15-19(21(20)29)22(30)26-13-11-17-8-7-12-25-14-17/h7-8,12,14-16,18H,4-6,9-11,13H2,1-3H3,(H,26,30)(H,27,31). The van der Waals surface area contributed by atoms with Crippen LogP contribution < -0.4 is 16.1 Å². The van der Waals surface area contributed by atoms with Crippen LogP contribution in [0.1, 0.15) is 85.2 Å². The van der Waals surface area contributed by atoms with Gasteiger partial charge in [0.05, 0.1) is 0 Å². The molecule has 2 heterocycles. The zero-order chi connectivity index (χ0) is 22.4. The number of amides is 2. The molecule has 0 spiro atoms. The molecule has 1 aliphatic rings. The average Bonchev–Trinajstić information content (AvgIpc) is 2.74. The number of nitrogens with zero attached hydrogens (tertiary/aromatic N) is 2. The van der Waals surface area contributed by atoms with Crippen molar-refractivity contribution in [2.75, 3.05) is 6.54 Å². The van der Waals surface area contributed by atoms with Crippen molar-refractivity contribution in [2.24, 2.45) is 0 Å². The highest BCUT2D eigenvalue weighted by Gasteiger charge is 2.24. The van der Waals surface area contributed by atoms with Gasteiger partial charge in [0.1, 0.15) is 11.1 Å². The van der Waals surface area contributed by atoms with Gasteiger partial charge in [-0.25, -0.2) is 0 Å². The van der Waals surface area contributed by atoms with E-state index >= 15 is 0 Å². The lowest BCUT2D eigenvalue weighted by Gasteiger charge is -2.26. The molecule has 2 aromatic heterocycles. The Labute approximate surface area is 183 Å². The molecule has 0 radical (unpaired) electrons. The van der Waals surface area contributed by atoms with Crippen molar-refractivity contribution >= 4 is 11.8 Å². The third kappa shape index (κ3) is 6.26. The Balaban J connectivity index is 1.86. The lowest BCUT2D eigenvalue weighted by Crippen LogP contribution is -2.43. The molecular formula is C24H32N4O3. The van der Waals surface area contributed by atoms with Crippen molar-refractivity contribution < 1.29 is 9.59 Å². The number of aromatic nitrogens is 2. The highest BCUT2D eigenvalue weighted by Crippen LogP contribution is 2.28. The van der Waals surface area contributed by atoms with E-state index in [-0.39, 0.29) is 17.2 Å². The molecule has 31 heavy (non-hydrogen) atoms. The summed E-state index contributed by atoms with van der Waals surface area (Å²) in [6, 6.07) is 3.97. The normalized spacial score (nSPS) is 14.8. The molecule has 1 fully saturated rings. The summed E-state index contributed by atoms with van der Waals surface area (Å²) < 4.78 is 1.90. The summed E-state index contributed by atoms with van der Waals surface area (Å²) in [7, 11) is 0. The molecule has 1 saturated carbocycles. The maximum Gasteiger partial charge on any atom is 0.257 e. The lowest BCUT2D eigenvalue weighted by molar-refractivity contribution is 0.0917. The number of hydrogen-bond acceptors (Lipinski definition) is 4. The van der Waals surface area contributed by atoms with E-state index in [1.165, 1.54) is 6.42 Å². The van der Waals surface area contributed by atoms with Crippen LogP contribution in [0.2, 0.25) is 0 Å². The van der Waals surface area contributed by atoms with Crippen molar-refractivity contribution in [2.45, 2.75) is 70.9 Å². The molecule has 166 valence electrons. The van der Waals surface area contributed by atoms with Crippen LogP contribution in [0.25, 0.3) is 0 Å². The van der Waals surface area contributed by atoms with Gasteiger partial charge in [0.2, 0.25) is 5.43 Å². The smallest absolute Gasteiger partial charge is 0.257 e. The minimum Gasteiger partial charge on any atom is -0.352 e. The number of rotatable bonds is 6. The maximum atomic E-state index is 13.1. The number of hydrogen-bond donors (Lipinski definition) is 2. The molecule has 2 aromatic rings. The van der Waals surface area contributed by atoms with Gasteiger partial charge in [-0.15, -0.1) is 0 Å². The first-order valence-corrected chi connectivity index (χ1v) is 11.0. The minimum atomic E-state index is -0.535. The molecule has 2 amide bonds. The zero-order valence-corrected chi connectivity index (χ0v) is 18.6. The van der Waals surface area contributed by atoms with Gasteiger partial charge in [0.15, 0.2) is 0 Å². The second kappa shape index (κ2) is 9.90. The summed E-state index contributed by atoms with van der Waals surface area (Å²) in [6.45, 7) is 5.96. The highest BCUT2D eigenvalue weighted by atomic mass is 16.2. The van der Waals surface area contributed by atoms with Crippen molar-refractivity contribution in [1.29, 1.82) is 0 Å². The molecule has 0 unspecified atom stereocenters. The zero-order valence-electron chi connectivity index (χ0n) is 18.6. The Bertz CT molecular complexity index is 971. The van der Waals surface area contributed by atoms with Crippen LogP contribution in [0.15, 0.2) is 41.7 Å². The first-order valence-electron chi connectivity index (χ1n) is 11.0. The molecule has 0 bridgehead atoms. The van der Waals surface area contributed by atoms with E-state index in [1.807, 2.05) is 37.5 Å². The van der Waals surface area contributed by atoms with E-state index in [9.17, 15) is 14.4 Å². The van der Waals surface area contributed by atoms with Crippen LogP contribution >= 0.6 is 0 Å². The SMILES string of the molecule is CC(C)(C)NC(=O)c1cn(C2CCCCC2)cc(C(=O)NCCc2cccnc2)c1=O. The van der Waals surface area contributed by atoms with Gasteiger partial charge in [-0.3, -0.25) is 19.4 Å². The second-order valence-electron chi connectivity index (χ2n) is 9.23. The molecule has 7 nitrogen and oxygen atoms in total. The molecule has 0 aliphatic heterocycles. The van der Waals surface area contributed by atoms with Crippen molar-refractivity contribution in [3.63, 3.8) is 0 Å². The average molecular weight is 425 g/mol. The van der Waals surface area contributed by atoms with Crippen LogP contribution in [0, 0.1) is 0 Å². The van der Waals surface area contributed by atoms with Crippen LogP contribution in [0.5, 0.6) is 0 Å². The number of nitrogens with one attached hydrogen (secondary N) is 2. The predicted molar refractivity (Wildman–Crippen MR) is 120 cm³/mol. The fraction of sp³-hybridized carbons (Fsp3) is 0.500. The third-order valence-electron chi connectivity index (χ3n) is 5.44. The topological polar surface area (TPSA) is 93.1 Å². The number of carbonyl (C=O) groups excluding carboxylic acids is 2. The van der Waals surface area contributed by atoms with Gasteiger partial charge >= 0.3 is 0 Å². The summed E-state index contributed by atoms with van der Waals surface area (Å²) >= 11 is 0. The largest absolute Gasteiger partial charge is 0.352 e. The van der Waals surface area contributed by atoms with Gasteiger partial charge < -0.3 is 15.2 Å². The fourth-order valence-corrected chi connectivity index (χ4v) is 3.88. The summed E-state index contributed by atoms with van der Waals surface area (Å²) in [6.07, 6.45) is 12.6. The van der Waals surface area contributed by atoms with Crippen LogP contribution in [0.3, 0.4) is 0 Å². The summed E-state index contributed by atoms with van der Waals surface area (Å²) in [5, 5.41) is 5.67. The van der Waals surface area contributed by atoms with Gasteiger partial charge in [-0.2, -0.15) is 0 Å². The molecule has 1 aliphatic carbocycles. The van der Waals surface area contributed by atoms with E-state index in [2.05, 4.69) is 15.6 Å². The molecule has 0 saturated heterocycles. The Kier molecular flexibility index (Phi) is 7.25. The van der Waals surface area contributed by atoms with Gasteiger partial charge in [0.25, 0.3) is 11.8 Å². The molecule has 3 rings (SSSR count). The Morgan fingerprint density at radius 1 is 1.10 bits per heavy atom. The number of pyridine rings is 2. The van der Waals surface area contributed by atoms with Crippen molar-refractivity contribution in [3.8, 4) is 0 Å². The highest BCUT2D eigenvalue weighted by molar-refractivity contribution is 5.99. The van der Waals surface area contributed by atoms with Gasteiger partial charge in [-0.05, 0) is 51.7 Å². The minimum absolute atomic E-state index is 0.0123. The lowest BCUT2D eigenvalue weighted by atomic mass is 9.95. The first-order chi connectivity index (χ1) is 14.7. The molecule has 0 aromatic carbocycles. The van der Waals surface area contributed by atoms with E-state index in [0.29, 0.717) is 13.0 Å². The molecule has 7 heteroatoms. The van der Waals surface area contributed by atoms with E-state index in [0.717, 1.165) is 31.2 Å². The summed E-state index contributed by atoms with van der Waals surface area (Å²) in [5.41, 5.74) is 0.00777. The fourth-order valence-electron chi connectivity index (χ4n) is 3.88. The number of carbonyl (C=O) groups is 2. The van der Waals surface area contributed by atoms with E-state index < -0.39 is 22.8 Å². The molecule has 2 N–H and O–H groups in total. The van der Waals surface area contributed by atoms with Crippen molar-refractivity contribution in [1.82, 2.24) is 20.2 Å². The van der Waals surface area contributed by atoms with Crippen molar-refractivity contribution in [3.05, 3.63) is 63.8 Å². The predicted octanol–water partition coefficient (Wildman–Crippen LogP) is 3.25.